The van der Waals surface area contributed by atoms with Crippen molar-refractivity contribution in [3.63, 3.8) is 0 Å². The number of hydrogen-bond donors (Lipinski definition) is 1. The SMILES string of the molecule is [N-]=[N+]=NC1C(=O)N2C(C(=O)O)=CCCC12. The number of nitrogens with zero attached hydrogens (tertiary/aromatic N) is 4. The highest BCUT2D eigenvalue weighted by molar-refractivity contribution is 5.99. The van der Waals surface area contributed by atoms with Crippen LogP contribution in [0.25, 0.3) is 10.4 Å². The van der Waals surface area contributed by atoms with E-state index in [9.17, 15) is 9.59 Å². The molecule has 0 radical (unpaired) electrons. The van der Waals surface area contributed by atoms with E-state index in [2.05, 4.69) is 10.0 Å². The third-order valence-corrected chi connectivity index (χ3v) is 2.64. The van der Waals surface area contributed by atoms with Crippen LogP contribution in [0.5, 0.6) is 0 Å². The maximum Gasteiger partial charge on any atom is 0.352 e. The lowest BCUT2D eigenvalue weighted by molar-refractivity contribution is -0.152. The van der Waals surface area contributed by atoms with Gasteiger partial charge in [-0.15, -0.1) is 0 Å². The Kier molecular flexibility index (Phi) is 2.09. The predicted octanol–water partition coefficient (Wildman–Crippen LogP) is 0.638. The summed E-state index contributed by atoms with van der Waals surface area (Å²) in [6.45, 7) is 0. The summed E-state index contributed by atoms with van der Waals surface area (Å²) >= 11 is 0. The predicted molar refractivity (Wildman–Crippen MR) is 48.5 cm³/mol. The third kappa shape index (κ3) is 1.25. The van der Waals surface area contributed by atoms with Crippen LogP contribution in [0.1, 0.15) is 12.8 Å². The van der Waals surface area contributed by atoms with Gasteiger partial charge in [0.25, 0.3) is 0 Å². The standard InChI is InChI=1S/C8H8N4O3/c9-11-10-6-4-2-1-3-5(8(14)15)12(4)7(6)13/h3-4,6H,1-2H2,(H,14,15). The zero-order valence-electron chi connectivity index (χ0n) is 7.70. The highest BCUT2D eigenvalue weighted by atomic mass is 16.4. The second kappa shape index (κ2) is 3.29. The molecule has 0 saturated carbocycles. The fourth-order valence-electron chi connectivity index (χ4n) is 1.98. The van der Waals surface area contributed by atoms with E-state index in [1.54, 1.807) is 0 Å². The van der Waals surface area contributed by atoms with Crippen molar-refractivity contribution in [1.82, 2.24) is 4.90 Å². The Morgan fingerprint density at radius 2 is 2.47 bits per heavy atom. The smallest absolute Gasteiger partial charge is 0.352 e. The first-order valence-electron chi connectivity index (χ1n) is 4.47. The molecule has 78 valence electrons. The van der Waals surface area contributed by atoms with Crippen molar-refractivity contribution in [2.24, 2.45) is 5.11 Å². The van der Waals surface area contributed by atoms with Crippen LogP contribution in [0, 0.1) is 0 Å². The van der Waals surface area contributed by atoms with Crippen LogP contribution >= 0.6 is 0 Å². The number of rotatable bonds is 2. The van der Waals surface area contributed by atoms with Gasteiger partial charge in [-0.3, -0.25) is 4.79 Å². The summed E-state index contributed by atoms with van der Waals surface area (Å²) in [7, 11) is 0. The van der Waals surface area contributed by atoms with Crippen molar-refractivity contribution in [3.8, 4) is 0 Å². The fourth-order valence-corrected chi connectivity index (χ4v) is 1.98. The number of hydrogen-bond acceptors (Lipinski definition) is 3. The number of carbonyl (C=O) groups excluding carboxylic acids is 1. The molecule has 2 aliphatic heterocycles. The average Bonchev–Trinajstić information content (AvgIpc) is 2.24. The van der Waals surface area contributed by atoms with Crippen LogP contribution in [0.15, 0.2) is 16.9 Å². The molecule has 1 amide bonds. The molecule has 2 rings (SSSR count). The maximum absolute atomic E-state index is 11.5. The lowest BCUT2D eigenvalue weighted by atomic mass is 9.87. The molecule has 1 N–H and O–H groups in total. The first-order valence-corrected chi connectivity index (χ1v) is 4.47. The normalized spacial score (nSPS) is 28.4. The molecule has 0 bridgehead atoms. The molecule has 0 aliphatic carbocycles. The summed E-state index contributed by atoms with van der Waals surface area (Å²) in [5, 5.41) is 12.2. The molecule has 0 spiro atoms. The van der Waals surface area contributed by atoms with Gasteiger partial charge in [0.15, 0.2) is 0 Å². The number of carboxylic acids is 1. The Morgan fingerprint density at radius 1 is 1.73 bits per heavy atom. The molecule has 0 aromatic rings. The van der Waals surface area contributed by atoms with E-state index >= 15 is 0 Å². The van der Waals surface area contributed by atoms with Crippen LogP contribution < -0.4 is 0 Å². The summed E-state index contributed by atoms with van der Waals surface area (Å²) in [5.41, 5.74) is 8.24. The summed E-state index contributed by atoms with van der Waals surface area (Å²) in [6.07, 6.45) is 2.75. The minimum absolute atomic E-state index is 0.000592. The summed E-state index contributed by atoms with van der Waals surface area (Å²) < 4.78 is 0. The first kappa shape index (κ1) is 9.54. The van der Waals surface area contributed by atoms with Crippen molar-refractivity contribution in [2.75, 3.05) is 0 Å². The second-order valence-corrected chi connectivity index (χ2v) is 3.40. The van der Waals surface area contributed by atoms with Crippen molar-refractivity contribution in [3.05, 3.63) is 22.2 Å². The van der Waals surface area contributed by atoms with Crippen molar-refractivity contribution in [2.45, 2.75) is 24.9 Å². The number of β-lactam (4-membered cyclic amide) rings is 1. The molecule has 1 saturated heterocycles. The monoisotopic (exact) mass is 208 g/mol. The number of azide groups is 1. The number of aliphatic carboxylic acids is 1. The molecule has 7 nitrogen and oxygen atoms in total. The van der Waals surface area contributed by atoms with E-state index in [0.29, 0.717) is 12.8 Å². The zero-order chi connectivity index (χ0) is 11.0. The molecule has 2 heterocycles. The molecule has 2 aliphatic rings. The number of amides is 1. The van der Waals surface area contributed by atoms with Gasteiger partial charge >= 0.3 is 5.97 Å². The van der Waals surface area contributed by atoms with Crippen molar-refractivity contribution >= 4 is 11.9 Å². The van der Waals surface area contributed by atoms with Gasteiger partial charge in [-0.25, -0.2) is 4.79 Å². The van der Waals surface area contributed by atoms with Crippen LogP contribution in [-0.2, 0) is 9.59 Å². The first-order chi connectivity index (χ1) is 7.16. The van der Waals surface area contributed by atoms with Gasteiger partial charge in [0.1, 0.15) is 11.7 Å². The second-order valence-electron chi connectivity index (χ2n) is 3.40. The highest BCUT2D eigenvalue weighted by Gasteiger charge is 2.50. The number of carbonyl (C=O) groups is 2. The third-order valence-electron chi connectivity index (χ3n) is 2.64. The molecule has 0 aromatic heterocycles. The molecule has 1 fully saturated rings. The Labute approximate surface area is 84.6 Å². The lowest BCUT2D eigenvalue weighted by Crippen LogP contribution is -2.64. The largest absolute Gasteiger partial charge is 0.477 e. The van der Waals surface area contributed by atoms with Gasteiger partial charge in [0.05, 0.1) is 6.04 Å². The Balaban J connectivity index is 2.26. The van der Waals surface area contributed by atoms with Gasteiger partial charge in [-0.05, 0) is 18.4 Å². The van der Waals surface area contributed by atoms with Crippen molar-refractivity contribution in [1.29, 1.82) is 0 Å². The maximum atomic E-state index is 11.5. The van der Waals surface area contributed by atoms with Crippen LogP contribution in [0.3, 0.4) is 0 Å². The molecular formula is C8H8N4O3. The van der Waals surface area contributed by atoms with E-state index in [0.717, 1.165) is 0 Å². The van der Waals surface area contributed by atoms with Crippen LogP contribution in [0.4, 0.5) is 0 Å². The van der Waals surface area contributed by atoms with E-state index in [1.165, 1.54) is 11.0 Å². The van der Waals surface area contributed by atoms with Gasteiger partial charge in [0, 0.05) is 4.91 Å². The van der Waals surface area contributed by atoms with Gasteiger partial charge in [-0.2, -0.15) is 0 Å². The average molecular weight is 208 g/mol. The van der Waals surface area contributed by atoms with Crippen molar-refractivity contribution < 1.29 is 14.7 Å². The topological polar surface area (TPSA) is 106 Å². The van der Waals surface area contributed by atoms with E-state index in [1.807, 2.05) is 0 Å². The molecule has 7 heteroatoms. The number of carboxylic acid groups (broad SMARTS) is 1. The molecule has 0 aromatic carbocycles. The van der Waals surface area contributed by atoms with E-state index < -0.39 is 17.9 Å². The molecule has 2 atom stereocenters. The minimum atomic E-state index is -1.12. The quantitative estimate of drug-likeness (QED) is 0.311. The number of allylic oxidation sites excluding steroid dienone is 1. The van der Waals surface area contributed by atoms with Gasteiger partial charge in [0.2, 0.25) is 5.91 Å². The zero-order valence-corrected chi connectivity index (χ0v) is 7.70. The van der Waals surface area contributed by atoms with Gasteiger partial charge in [-0.1, -0.05) is 11.2 Å². The number of fused-ring (bicyclic) bond motifs is 1. The van der Waals surface area contributed by atoms with Crippen LogP contribution in [0.2, 0.25) is 0 Å². The molecule has 15 heavy (non-hydrogen) atoms. The Hall–Kier alpha value is -2.01. The van der Waals surface area contributed by atoms with E-state index in [-0.39, 0.29) is 11.7 Å². The lowest BCUT2D eigenvalue weighted by Gasteiger charge is -2.47. The minimum Gasteiger partial charge on any atom is -0.477 e. The highest BCUT2D eigenvalue weighted by Crippen LogP contribution is 2.34. The van der Waals surface area contributed by atoms with E-state index in [4.69, 9.17) is 10.6 Å². The summed E-state index contributed by atoms with van der Waals surface area (Å²) in [6, 6.07) is -0.998. The summed E-state index contributed by atoms with van der Waals surface area (Å²) in [5.74, 6) is -1.54. The molecule has 2 unspecified atom stereocenters. The Bertz CT molecular complexity index is 410. The van der Waals surface area contributed by atoms with Crippen LogP contribution in [-0.4, -0.2) is 34.0 Å². The summed E-state index contributed by atoms with van der Waals surface area (Å²) in [4.78, 5) is 26.0. The van der Waals surface area contributed by atoms with Gasteiger partial charge < -0.3 is 10.0 Å². The molecular weight excluding hydrogens is 200 g/mol. The fraction of sp³-hybridized carbons (Fsp3) is 0.500. The Morgan fingerprint density at radius 3 is 3.07 bits per heavy atom.